The fraction of sp³-hybridized carbons (Fsp3) is 0.462. The van der Waals surface area contributed by atoms with Crippen molar-refractivity contribution >= 4 is 11.6 Å². The summed E-state index contributed by atoms with van der Waals surface area (Å²) in [4.78, 5) is 14.0. The molecule has 2 aliphatic rings. The van der Waals surface area contributed by atoms with Gasteiger partial charge < -0.3 is 10.2 Å². The van der Waals surface area contributed by atoms with E-state index in [1.807, 2.05) is 24.1 Å². The molecule has 3 nitrogen and oxygen atoms in total. The first-order chi connectivity index (χ1) is 7.79. The second-order valence-electron chi connectivity index (χ2n) is 4.66. The number of rotatable bonds is 0. The Labute approximate surface area is 95.4 Å². The second kappa shape index (κ2) is 3.59. The van der Waals surface area contributed by atoms with Crippen molar-refractivity contribution < 1.29 is 4.79 Å². The fourth-order valence-electron chi connectivity index (χ4n) is 2.96. The number of fused-ring (bicyclic) bond motifs is 3. The Bertz CT molecular complexity index is 430. The second-order valence-corrected chi connectivity index (χ2v) is 4.66. The third kappa shape index (κ3) is 1.28. The summed E-state index contributed by atoms with van der Waals surface area (Å²) in [6.45, 7) is 1.84. The Morgan fingerprint density at radius 2 is 2.12 bits per heavy atom. The maximum absolute atomic E-state index is 12.2. The zero-order chi connectivity index (χ0) is 11.1. The molecule has 2 aliphatic heterocycles. The number of piperidine rings is 1. The van der Waals surface area contributed by atoms with E-state index in [-0.39, 0.29) is 11.8 Å². The predicted molar refractivity (Wildman–Crippen MR) is 63.6 cm³/mol. The minimum Gasteiger partial charge on any atom is -0.316 e. The first-order valence-electron chi connectivity index (χ1n) is 5.86. The first-order valence-corrected chi connectivity index (χ1v) is 5.86. The molecule has 2 atom stereocenters. The van der Waals surface area contributed by atoms with Gasteiger partial charge in [-0.2, -0.15) is 0 Å². The molecule has 1 fully saturated rings. The van der Waals surface area contributed by atoms with Crippen molar-refractivity contribution in [2.45, 2.75) is 12.3 Å². The van der Waals surface area contributed by atoms with Crippen LogP contribution in [0.1, 0.15) is 17.9 Å². The zero-order valence-corrected chi connectivity index (χ0v) is 9.44. The molecule has 16 heavy (non-hydrogen) atoms. The van der Waals surface area contributed by atoms with Crippen molar-refractivity contribution in [3.8, 4) is 0 Å². The fourth-order valence-corrected chi connectivity index (χ4v) is 2.96. The molecule has 3 heteroatoms. The molecule has 0 aromatic heterocycles. The van der Waals surface area contributed by atoms with Crippen molar-refractivity contribution in [2.24, 2.45) is 5.92 Å². The molecule has 1 saturated heterocycles. The van der Waals surface area contributed by atoms with Crippen LogP contribution in [0.2, 0.25) is 0 Å². The van der Waals surface area contributed by atoms with Crippen LogP contribution in [-0.4, -0.2) is 26.0 Å². The summed E-state index contributed by atoms with van der Waals surface area (Å²) >= 11 is 0. The lowest BCUT2D eigenvalue weighted by Gasteiger charge is -2.40. The van der Waals surface area contributed by atoms with E-state index in [2.05, 4.69) is 17.4 Å². The van der Waals surface area contributed by atoms with Crippen LogP contribution in [0.15, 0.2) is 24.3 Å². The number of benzene rings is 1. The van der Waals surface area contributed by atoms with Crippen LogP contribution in [0.25, 0.3) is 0 Å². The molecular weight excluding hydrogens is 200 g/mol. The molecule has 0 bridgehead atoms. The number of carbonyl (C=O) groups is 1. The molecule has 3 rings (SSSR count). The largest absolute Gasteiger partial charge is 0.316 e. The molecule has 1 amide bonds. The zero-order valence-electron chi connectivity index (χ0n) is 9.44. The first kappa shape index (κ1) is 9.85. The highest BCUT2D eigenvalue weighted by atomic mass is 16.2. The average Bonchev–Trinajstić information content (AvgIpc) is 2.36. The van der Waals surface area contributed by atoms with Gasteiger partial charge in [0.1, 0.15) is 0 Å². The van der Waals surface area contributed by atoms with Gasteiger partial charge in [-0.1, -0.05) is 18.2 Å². The normalized spacial score (nSPS) is 28.6. The van der Waals surface area contributed by atoms with Gasteiger partial charge in [-0.3, -0.25) is 4.79 Å². The maximum Gasteiger partial charge on any atom is 0.231 e. The monoisotopic (exact) mass is 216 g/mol. The number of hydrogen-bond acceptors (Lipinski definition) is 2. The Hall–Kier alpha value is -1.35. The van der Waals surface area contributed by atoms with E-state index in [0.29, 0.717) is 5.92 Å². The molecular formula is C13H16N2O. The highest BCUT2D eigenvalue weighted by Crippen LogP contribution is 2.41. The summed E-state index contributed by atoms with van der Waals surface area (Å²) in [5.74, 6) is 0.811. The van der Waals surface area contributed by atoms with Crippen molar-refractivity contribution in [1.82, 2.24) is 5.32 Å². The molecule has 1 N–H and O–H groups in total. The van der Waals surface area contributed by atoms with Gasteiger partial charge >= 0.3 is 0 Å². The van der Waals surface area contributed by atoms with Gasteiger partial charge in [0.25, 0.3) is 0 Å². The van der Waals surface area contributed by atoms with Crippen LogP contribution in [0.3, 0.4) is 0 Å². The lowest BCUT2D eigenvalue weighted by atomic mass is 9.77. The van der Waals surface area contributed by atoms with Gasteiger partial charge in [-0.05, 0) is 30.5 Å². The molecule has 2 heterocycles. The summed E-state index contributed by atoms with van der Waals surface area (Å²) < 4.78 is 0. The van der Waals surface area contributed by atoms with Gasteiger partial charge in [-0.25, -0.2) is 0 Å². The van der Waals surface area contributed by atoms with Gasteiger partial charge in [0, 0.05) is 19.3 Å². The van der Waals surface area contributed by atoms with E-state index in [1.54, 1.807) is 0 Å². The number of para-hydroxylation sites is 1. The summed E-state index contributed by atoms with van der Waals surface area (Å²) in [6.07, 6.45) is 1.07. The van der Waals surface area contributed by atoms with Crippen LogP contribution in [0, 0.1) is 5.92 Å². The minimum absolute atomic E-state index is 0.133. The molecule has 0 saturated carbocycles. The summed E-state index contributed by atoms with van der Waals surface area (Å²) in [5.41, 5.74) is 2.44. The topological polar surface area (TPSA) is 32.3 Å². The van der Waals surface area contributed by atoms with Gasteiger partial charge in [0.2, 0.25) is 5.91 Å². The van der Waals surface area contributed by atoms with Crippen molar-refractivity contribution in [3.05, 3.63) is 29.8 Å². The van der Waals surface area contributed by atoms with Crippen LogP contribution >= 0.6 is 0 Å². The van der Waals surface area contributed by atoms with Gasteiger partial charge in [0.15, 0.2) is 0 Å². The van der Waals surface area contributed by atoms with E-state index >= 15 is 0 Å². The third-order valence-corrected chi connectivity index (χ3v) is 3.83. The molecule has 84 valence electrons. The third-order valence-electron chi connectivity index (χ3n) is 3.83. The van der Waals surface area contributed by atoms with Gasteiger partial charge in [-0.15, -0.1) is 0 Å². The van der Waals surface area contributed by atoms with Crippen LogP contribution in [0.4, 0.5) is 5.69 Å². The Balaban J connectivity index is 2.11. The van der Waals surface area contributed by atoms with Crippen molar-refractivity contribution in [2.75, 3.05) is 25.0 Å². The quantitative estimate of drug-likeness (QED) is 0.710. The highest BCUT2D eigenvalue weighted by Gasteiger charge is 2.39. The number of nitrogens with zero attached hydrogens (tertiary/aromatic N) is 1. The lowest BCUT2D eigenvalue weighted by Crippen LogP contribution is -2.48. The van der Waals surface area contributed by atoms with Crippen LogP contribution < -0.4 is 10.2 Å². The van der Waals surface area contributed by atoms with Crippen LogP contribution in [0.5, 0.6) is 0 Å². The standard InChI is InChI=1S/C13H16N2O/c1-15-12-5-3-2-4-10(12)9-6-7-14-8-11(9)13(15)16/h2-5,9,11,14H,6-8H2,1H3. The summed E-state index contributed by atoms with van der Waals surface area (Å²) in [6, 6.07) is 8.29. The maximum atomic E-state index is 12.2. The molecule has 1 aromatic carbocycles. The van der Waals surface area contributed by atoms with E-state index in [9.17, 15) is 4.79 Å². The van der Waals surface area contributed by atoms with Gasteiger partial charge in [0.05, 0.1) is 5.92 Å². The highest BCUT2D eigenvalue weighted by molar-refractivity contribution is 5.98. The smallest absolute Gasteiger partial charge is 0.231 e. The molecule has 0 radical (unpaired) electrons. The lowest BCUT2D eigenvalue weighted by molar-refractivity contribution is -0.123. The number of carbonyl (C=O) groups excluding carboxylic acids is 1. The molecule has 0 spiro atoms. The summed E-state index contributed by atoms with van der Waals surface area (Å²) in [7, 11) is 1.88. The van der Waals surface area contributed by atoms with Crippen LogP contribution in [-0.2, 0) is 4.79 Å². The molecule has 0 aliphatic carbocycles. The number of nitrogens with one attached hydrogen (secondary N) is 1. The minimum atomic E-state index is 0.133. The Morgan fingerprint density at radius 1 is 1.31 bits per heavy atom. The molecule has 1 aromatic rings. The Morgan fingerprint density at radius 3 is 3.00 bits per heavy atom. The SMILES string of the molecule is CN1C(=O)C2CNCCC2c2ccccc21. The van der Waals surface area contributed by atoms with E-state index in [4.69, 9.17) is 0 Å². The predicted octanol–water partition coefficient (Wildman–Crippen LogP) is 1.36. The van der Waals surface area contributed by atoms with E-state index in [0.717, 1.165) is 25.2 Å². The average molecular weight is 216 g/mol. The number of amides is 1. The molecule has 2 unspecified atom stereocenters. The van der Waals surface area contributed by atoms with Crippen molar-refractivity contribution in [1.29, 1.82) is 0 Å². The Kier molecular flexibility index (Phi) is 2.21. The number of hydrogen-bond donors (Lipinski definition) is 1. The van der Waals surface area contributed by atoms with E-state index < -0.39 is 0 Å². The van der Waals surface area contributed by atoms with E-state index in [1.165, 1.54) is 5.56 Å². The summed E-state index contributed by atoms with van der Waals surface area (Å²) in [5, 5.41) is 3.32. The van der Waals surface area contributed by atoms with Crippen molar-refractivity contribution in [3.63, 3.8) is 0 Å². The number of anilines is 1.